The summed E-state index contributed by atoms with van der Waals surface area (Å²) in [6.07, 6.45) is 18.2. The molecule has 3 nitrogen and oxygen atoms in total. The number of aromatic nitrogens is 3. The lowest BCUT2D eigenvalue weighted by molar-refractivity contribution is 0.772. The van der Waals surface area contributed by atoms with E-state index in [1.807, 2.05) is 0 Å². The van der Waals surface area contributed by atoms with E-state index in [-0.39, 0.29) is 0 Å². The van der Waals surface area contributed by atoms with E-state index in [9.17, 15) is 0 Å². The summed E-state index contributed by atoms with van der Waals surface area (Å²) >= 11 is 0. The van der Waals surface area contributed by atoms with Crippen molar-refractivity contribution in [2.75, 3.05) is 0 Å². The molecule has 3 aliphatic rings. The summed E-state index contributed by atoms with van der Waals surface area (Å²) in [4.78, 5) is 5.44. The molecule has 0 amide bonds. The first kappa shape index (κ1) is 31.3. The smallest absolute Gasteiger partial charge is 0.0730 e. The number of nitrogens with zero attached hydrogens (tertiary/aromatic N) is 3. The molecule has 0 saturated carbocycles. The van der Waals surface area contributed by atoms with E-state index in [1.165, 1.54) is 71.9 Å². The van der Waals surface area contributed by atoms with Crippen molar-refractivity contribution < 1.29 is 0 Å². The highest BCUT2D eigenvalue weighted by atomic mass is 15.0. The van der Waals surface area contributed by atoms with Crippen molar-refractivity contribution in [3.8, 4) is 33.9 Å². The van der Waals surface area contributed by atoms with E-state index in [1.54, 1.807) is 0 Å². The molecule has 0 spiro atoms. The zero-order valence-electron chi connectivity index (χ0n) is 30.8. The van der Waals surface area contributed by atoms with Crippen LogP contribution in [0.3, 0.4) is 0 Å². The van der Waals surface area contributed by atoms with Gasteiger partial charge in [-0.05, 0) is 120 Å². The van der Waals surface area contributed by atoms with Crippen LogP contribution in [-0.2, 0) is 6.42 Å². The third-order valence-corrected chi connectivity index (χ3v) is 12.2. The lowest BCUT2D eigenvalue weighted by Crippen LogP contribution is -2.02. The quantitative estimate of drug-likeness (QED) is 0.180. The maximum Gasteiger partial charge on any atom is 0.0730 e. The van der Waals surface area contributed by atoms with Crippen LogP contribution in [-0.4, -0.2) is 14.1 Å². The number of fused-ring (bicyclic) bond motifs is 9. The summed E-state index contributed by atoms with van der Waals surface area (Å²) < 4.78 is 5.00. The van der Waals surface area contributed by atoms with E-state index in [4.69, 9.17) is 4.98 Å². The first-order valence-corrected chi connectivity index (χ1v) is 19.6. The highest BCUT2D eigenvalue weighted by Gasteiger charge is 2.27. The number of aryl methyl sites for hydroxylation is 1. The van der Waals surface area contributed by atoms with Crippen LogP contribution in [0.1, 0.15) is 78.5 Å². The van der Waals surface area contributed by atoms with Crippen molar-refractivity contribution in [2.45, 2.75) is 51.4 Å². The fraction of sp³-hybridized carbons (Fsp3) is 0.157. The molecule has 2 atom stereocenters. The predicted octanol–water partition coefficient (Wildman–Crippen LogP) is 13.5. The summed E-state index contributed by atoms with van der Waals surface area (Å²) in [6, 6.07) is 43.1. The van der Waals surface area contributed by atoms with Gasteiger partial charge < -0.3 is 9.13 Å². The van der Waals surface area contributed by atoms with Crippen LogP contribution in [0.2, 0.25) is 0 Å². The second-order valence-corrected chi connectivity index (χ2v) is 15.6. The molecule has 0 radical (unpaired) electrons. The van der Waals surface area contributed by atoms with Gasteiger partial charge in [0.15, 0.2) is 0 Å². The zero-order chi connectivity index (χ0) is 35.9. The van der Waals surface area contributed by atoms with Crippen LogP contribution >= 0.6 is 0 Å². The molecule has 2 unspecified atom stereocenters. The van der Waals surface area contributed by atoms with Gasteiger partial charge >= 0.3 is 0 Å². The van der Waals surface area contributed by atoms with Crippen LogP contribution in [0.4, 0.5) is 0 Å². The Morgan fingerprint density at radius 2 is 1.31 bits per heavy atom. The van der Waals surface area contributed by atoms with Gasteiger partial charge in [0.05, 0.1) is 39.3 Å². The Morgan fingerprint density at radius 3 is 2.19 bits per heavy atom. The minimum Gasteiger partial charge on any atom is -0.309 e. The van der Waals surface area contributed by atoms with Crippen LogP contribution in [0, 0.1) is 0 Å². The summed E-state index contributed by atoms with van der Waals surface area (Å²) in [7, 11) is 0. The molecule has 3 heteroatoms. The monoisotopic (exact) mass is 695 g/mol. The largest absolute Gasteiger partial charge is 0.309 e. The average Bonchev–Trinajstić information content (AvgIpc) is 3.74. The molecule has 11 rings (SSSR count). The third-order valence-electron chi connectivity index (χ3n) is 12.2. The van der Waals surface area contributed by atoms with E-state index in [0.717, 1.165) is 53.9 Å². The number of rotatable bonds is 4. The van der Waals surface area contributed by atoms with Gasteiger partial charge in [0, 0.05) is 33.0 Å². The number of benzene rings is 5. The van der Waals surface area contributed by atoms with Crippen LogP contribution in [0.5, 0.6) is 0 Å². The normalized spacial score (nSPS) is 17.3. The van der Waals surface area contributed by atoms with E-state index < -0.39 is 0 Å². The number of pyridine rings is 1. The lowest BCUT2D eigenvalue weighted by Gasteiger charge is -2.19. The number of hydrogen-bond donors (Lipinski definition) is 0. The summed E-state index contributed by atoms with van der Waals surface area (Å²) in [5.74, 6) is 0.959. The Kier molecular flexibility index (Phi) is 7.07. The third kappa shape index (κ3) is 4.77. The molecule has 0 fully saturated rings. The summed E-state index contributed by atoms with van der Waals surface area (Å²) in [5, 5.41) is 3.89. The fourth-order valence-corrected chi connectivity index (χ4v) is 9.56. The van der Waals surface area contributed by atoms with Gasteiger partial charge in [0.1, 0.15) is 0 Å². The predicted molar refractivity (Wildman–Crippen MR) is 228 cm³/mol. The standard InChI is InChI=1S/C51H41N3/c1-32-12-10-16-36-29-38(24-25-41(32)36)45-31-40(30-44(52-45)37-23-22-34-14-6-7-15-35(34)28-37)53-46-20-9-8-19-42(46)50-48(53)27-26-43-49-33(2)13-11-21-47(49)54(51(43)50)39-17-4-3-5-18-39/h3-5,7-11,15-33H,6,12-14H2,1-2H3. The SMILES string of the molecule is CC1CC=Cc2cc(-c3cc(-n4c5ccccc5c5c6c(ccc54)c4c(n6-c5ccccc5)C=CCC4C)cc(-c4ccc5c(c4)C=CCC5)n3)ccc21. The van der Waals surface area contributed by atoms with E-state index in [2.05, 4.69) is 175 Å². The second kappa shape index (κ2) is 12.2. The van der Waals surface area contributed by atoms with Gasteiger partial charge in [-0.1, -0.05) is 111 Å². The molecule has 8 aromatic rings. The molecule has 260 valence electrons. The molecule has 0 bridgehead atoms. The minimum atomic E-state index is 0.439. The average molecular weight is 696 g/mol. The molecule has 3 heterocycles. The van der Waals surface area contributed by atoms with Crippen molar-refractivity contribution >= 4 is 50.9 Å². The van der Waals surface area contributed by atoms with Gasteiger partial charge in [0.25, 0.3) is 0 Å². The fourth-order valence-electron chi connectivity index (χ4n) is 9.56. The Morgan fingerprint density at radius 1 is 0.574 bits per heavy atom. The van der Waals surface area contributed by atoms with Crippen molar-refractivity contribution in [1.29, 1.82) is 0 Å². The molecular weight excluding hydrogens is 655 g/mol. The van der Waals surface area contributed by atoms with Gasteiger partial charge in [-0.2, -0.15) is 0 Å². The van der Waals surface area contributed by atoms with Crippen molar-refractivity contribution in [3.63, 3.8) is 0 Å². The van der Waals surface area contributed by atoms with E-state index >= 15 is 0 Å². The zero-order valence-corrected chi connectivity index (χ0v) is 30.8. The molecule has 0 saturated heterocycles. The van der Waals surface area contributed by atoms with Crippen molar-refractivity contribution in [2.24, 2.45) is 0 Å². The van der Waals surface area contributed by atoms with Crippen LogP contribution in [0.25, 0.3) is 84.8 Å². The Labute approximate surface area is 316 Å². The molecule has 0 N–H and O–H groups in total. The van der Waals surface area contributed by atoms with Gasteiger partial charge in [-0.3, -0.25) is 0 Å². The number of hydrogen-bond acceptors (Lipinski definition) is 1. The van der Waals surface area contributed by atoms with Gasteiger partial charge in [-0.25, -0.2) is 4.98 Å². The lowest BCUT2D eigenvalue weighted by atomic mass is 9.87. The van der Waals surface area contributed by atoms with Crippen LogP contribution in [0.15, 0.2) is 133 Å². The van der Waals surface area contributed by atoms with E-state index in [0.29, 0.717) is 11.8 Å². The Balaban J connectivity index is 1.22. The summed E-state index contributed by atoms with van der Waals surface area (Å²) in [5.41, 5.74) is 18.4. The van der Waals surface area contributed by atoms with Gasteiger partial charge in [-0.15, -0.1) is 0 Å². The minimum absolute atomic E-state index is 0.439. The molecule has 3 aliphatic carbocycles. The second-order valence-electron chi connectivity index (χ2n) is 15.6. The Bertz CT molecular complexity index is 2910. The Hall–Kier alpha value is -6.19. The first-order valence-electron chi connectivity index (χ1n) is 19.6. The first-order chi connectivity index (χ1) is 26.6. The number of allylic oxidation sites excluding steroid dienone is 3. The highest BCUT2D eigenvalue weighted by Crippen LogP contribution is 2.46. The number of para-hydroxylation sites is 2. The maximum atomic E-state index is 5.44. The highest BCUT2D eigenvalue weighted by molar-refractivity contribution is 6.22. The summed E-state index contributed by atoms with van der Waals surface area (Å²) in [6.45, 7) is 4.70. The van der Waals surface area contributed by atoms with Crippen molar-refractivity contribution in [1.82, 2.24) is 14.1 Å². The molecule has 3 aromatic heterocycles. The molecule has 5 aromatic carbocycles. The molecule has 0 aliphatic heterocycles. The maximum absolute atomic E-state index is 5.44. The van der Waals surface area contributed by atoms with Crippen molar-refractivity contribution in [3.05, 3.63) is 167 Å². The topological polar surface area (TPSA) is 22.8 Å². The van der Waals surface area contributed by atoms with Gasteiger partial charge in [0.2, 0.25) is 0 Å². The molecule has 54 heavy (non-hydrogen) atoms. The van der Waals surface area contributed by atoms with Crippen LogP contribution < -0.4 is 0 Å². The molecular formula is C51H41N3.